The summed E-state index contributed by atoms with van der Waals surface area (Å²) in [5.41, 5.74) is 8.14. The highest BCUT2D eigenvalue weighted by Gasteiger charge is 2.40. The van der Waals surface area contributed by atoms with Gasteiger partial charge in [0.15, 0.2) is 5.58 Å². The van der Waals surface area contributed by atoms with Crippen molar-refractivity contribution in [3.63, 3.8) is 0 Å². The second-order valence-corrected chi connectivity index (χ2v) is 14.5. The van der Waals surface area contributed by atoms with Crippen molar-refractivity contribution in [1.82, 2.24) is 24.7 Å². The number of amides is 1. The van der Waals surface area contributed by atoms with Gasteiger partial charge in [-0.25, -0.2) is 9.97 Å². The first-order chi connectivity index (χ1) is 24.6. The van der Waals surface area contributed by atoms with Gasteiger partial charge in [-0.05, 0) is 112 Å². The first kappa shape index (κ1) is 32.9. The van der Waals surface area contributed by atoms with E-state index in [0.717, 1.165) is 76.3 Å². The van der Waals surface area contributed by atoms with E-state index in [9.17, 15) is 20.0 Å². The van der Waals surface area contributed by atoms with E-state index in [4.69, 9.17) is 18.8 Å². The highest BCUT2D eigenvalue weighted by molar-refractivity contribution is 5.85. The molecule has 2 aromatic heterocycles. The van der Waals surface area contributed by atoms with Gasteiger partial charge in [-0.1, -0.05) is 24.3 Å². The van der Waals surface area contributed by atoms with Crippen molar-refractivity contribution in [1.29, 1.82) is 5.26 Å². The maximum absolute atomic E-state index is 12.9. The summed E-state index contributed by atoms with van der Waals surface area (Å²) in [4.78, 5) is 40.5. The van der Waals surface area contributed by atoms with Gasteiger partial charge in [-0.2, -0.15) is 5.26 Å². The number of carboxylic acids is 1. The number of rotatable bonds is 8. The molecule has 3 aliphatic rings. The standard InChI is InChI=1S/C40H40N6O5/c1-24-28(8-6-10-30(24)37-43-33-20-46(21-34(33)50-37)35(47)22-44-13-4-5-14-44)29-9-7-11-31(25(29)2)38-42-32-17-26(16-27(18-41)36(32)51-38)19-45-15-12-40(3,23-45)39(48)49/h6-11,16-17H,4-5,12-15,19-23H2,1-3H3,(H,48,49)/t40-/m1/s1. The van der Waals surface area contributed by atoms with Crippen molar-refractivity contribution in [3.05, 3.63) is 82.2 Å². The third-order valence-corrected chi connectivity index (χ3v) is 10.9. The molecule has 0 spiro atoms. The summed E-state index contributed by atoms with van der Waals surface area (Å²) in [5, 5.41) is 19.7. The highest BCUT2D eigenvalue weighted by atomic mass is 16.4. The van der Waals surface area contributed by atoms with Crippen LogP contribution in [-0.4, -0.2) is 74.4 Å². The van der Waals surface area contributed by atoms with E-state index in [1.165, 1.54) is 0 Å². The molecule has 0 bridgehead atoms. The lowest BCUT2D eigenvalue weighted by atomic mass is 9.90. The van der Waals surface area contributed by atoms with Gasteiger partial charge in [-0.15, -0.1) is 0 Å². The number of hydrogen-bond donors (Lipinski definition) is 1. The smallest absolute Gasteiger partial charge is 0.310 e. The van der Waals surface area contributed by atoms with Crippen LogP contribution in [0.4, 0.5) is 0 Å². The maximum Gasteiger partial charge on any atom is 0.310 e. The number of benzene rings is 3. The quantitative estimate of drug-likeness (QED) is 0.192. The average molecular weight is 685 g/mol. The lowest BCUT2D eigenvalue weighted by Gasteiger charge is -2.20. The van der Waals surface area contributed by atoms with E-state index in [1.807, 2.05) is 48.2 Å². The predicted octanol–water partition coefficient (Wildman–Crippen LogP) is 6.54. The molecule has 11 nitrogen and oxygen atoms in total. The van der Waals surface area contributed by atoms with E-state index in [2.05, 4.69) is 34.9 Å². The van der Waals surface area contributed by atoms with Crippen LogP contribution in [0.15, 0.2) is 57.4 Å². The minimum absolute atomic E-state index is 0.121. The monoisotopic (exact) mass is 684 g/mol. The van der Waals surface area contributed by atoms with Crippen LogP contribution in [0.3, 0.4) is 0 Å². The van der Waals surface area contributed by atoms with Crippen molar-refractivity contribution in [3.8, 4) is 40.1 Å². The van der Waals surface area contributed by atoms with E-state index < -0.39 is 11.4 Å². The van der Waals surface area contributed by atoms with Gasteiger partial charge in [0, 0.05) is 24.2 Å². The van der Waals surface area contributed by atoms with E-state index in [1.54, 1.807) is 6.92 Å². The first-order valence-corrected chi connectivity index (χ1v) is 17.6. The summed E-state index contributed by atoms with van der Waals surface area (Å²) in [6, 6.07) is 18.2. The summed E-state index contributed by atoms with van der Waals surface area (Å²) in [5.74, 6) is 1.07. The number of carbonyl (C=O) groups excluding carboxylic acids is 1. The molecule has 8 rings (SSSR count). The Morgan fingerprint density at radius 1 is 0.902 bits per heavy atom. The number of likely N-dealkylation sites (tertiary alicyclic amines) is 2. The van der Waals surface area contributed by atoms with E-state index in [-0.39, 0.29) is 5.91 Å². The molecule has 0 radical (unpaired) electrons. The molecule has 11 heteroatoms. The fourth-order valence-corrected chi connectivity index (χ4v) is 7.89. The molecule has 1 N–H and O–H groups in total. The number of nitrogens with zero attached hydrogens (tertiary/aromatic N) is 6. The Bertz CT molecular complexity index is 2220. The third kappa shape index (κ3) is 5.98. The van der Waals surface area contributed by atoms with Gasteiger partial charge in [0.2, 0.25) is 17.7 Å². The van der Waals surface area contributed by atoms with Crippen LogP contribution >= 0.6 is 0 Å². The predicted molar refractivity (Wildman–Crippen MR) is 190 cm³/mol. The van der Waals surface area contributed by atoms with Crippen molar-refractivity contribution in [2.75, 3.05) is 32.7 Å². The van der Waals surface area contributed by atoms with E-state index in [0.29, 0.717) is 74.1 Å². The van der Waals surface area contributed by atoms with Gasteiger partial charge in [-0.3, -0.25) is 19.4 Å². The van der Waals surface area contributed by atoms with Crippen molar-refractivity contribution < 1.29 is 23.5 Å². The summed E-state index contributed by atoms with van der Waals surface area (Å²) in [6.07, 6.45) is 2.89. The van der Waals surface area contributed by atoms with Crippen LogP contribution in [0.2, 0.25) is 0 Å². The number of oxazole rings is 2. The molecule has 0 unspecified atom stereocenters. The normalized spacial score (nSPS) is 19.2. The molecule has 5 aromatic rings. The molecule has 5 heterocycles. The lowest BCUT2D eigenvalue weighted by molar-refractivity contribution is -0.147. The van der Waals surface area contributed by atoms with Gasteiger partial charge in [0.1, 0.15) is 23.0 Å². The van der Waals surface area contributed by atoms with Gasteiger partial charge in [0.25, 0.3) is 0 Å². The summed E-state index contributed by atoms with van der Waals surface area (Å²) >= 11 is 0. The Morgan fingerprint density at radius 3 is 2.20 bits per heavy atom. The fraction of sp³-hybridized carbons (Fsp3) is 0.375. The fourth-order valence-electron chi connectivity index (χ4n) is 7.89. The average Bonchev–Trinajstić information content (AvgIpc) is 3.94. The van der Waals surface area contributed by atoms with Gasteiger partial charge >= 0.3 is 5.97 Å². The van der Waals surface area contributed by atoms with E-state index >= 15 is 0 Å². The zero-order valence-corrected chi connectivity index (χ0v) is 29.2. The number of aromatic nitrogens is 2. The number of aliphatic carboxylic acids is 1. The van der Waals surface area contributed by atoms with Crippen molar-refractivity contribution in [2.24, 2.45) is 5.41 Å². The molecule has 260 valence electrons. The van der Waals surface area contributed by atoms with Gasteiger partial charge in [0.05, 0.1) is 30.6 Å². The molecule has 0 saturated carbocycles. The Kier molecular flexibility index (Phi) is 8.24. The SMILES string of the molecule is Cc1c(-c2nc3c(o2)CN(C(=O)CN2CCCC2)C3)cccc1-c1cccc(-c2nc3cc(CN4CC[C@@](C)(C(=O)O)C4)cc(C#N)c3o2)c1C. The van der Waals surface area contributed by atoms with Crippen LogP contribution in [0.1, 0.15) is 59.9 Å². The van der Waals surface area contributed by atoms with Crippen LogP contribution in [0.5, 0.6) is 0 Å². The molecular weight excluding hydrogens is 644 g/mol. The van der Waals surface area contributed by atoms with Crippen LogP contribution in [0.25, 0.3) is 45.1 Å². The Hall–Kier alpha value is -5.31. The Labute approximate surface area is 296 Å². The summed E-state index contributed by atoms with van der Waals surface area (Å²) in [7, 11) is 0. The minimum Gasteiger partial charge on any atom is -0.481 e. The maximum atomic E-state index is 12.9. The second kappa shape index (κ2) is 12.8. The molecule has 2 fully saturated rings. The molecule has 2 saturated heterocycles. The lowest BCUT2D eigenvalue weighted by Crippen LogP contribution is -2.36. The van der Waals surface area contributed by atoms with Crippen molar-refractivity contribution in [2.45, 2.75) is 59.7 Å². The summed E-state index contributed by atoms with van der Waals surface area (Å²) in [6.45, 7) is 10.9. The molecule has 51 heavy (non-hydrogen) atoms. The first-order valence-electron chi connectivity index (χ1n) is 17.6. The number of carbonyl (C=O) groups is 2. The number of carboxylic acid groups (broad SMARTS) is 1. The van der Waals surface area contributed by atoms with Crippen molar-refractivity contribution >= 4 is 23.0 Å². The topological polar surface area (TPSA) is 140 Å². The molecular formula is C40H40N6O5. The summed E-state index contributed by atoms with van der Waals surface area (Å²) < 4.78 is 12.6. The highest BCUT2D eigenvalue weighted by Crippen LogP contribution is 2.39. The Morgan fingerprint density at radius 2 is 1.57 bits per heavy atom. The van der Waals surface area contributed by atoms with Crippen LogP contribution in [-0.2, 0) is 29.2 Å². The molecule has 3 aliphatic heterocycles. The molecule has 1 atom stereocenters. The largest absolute Gasteiger partial charge is 0.481 e. The number of hydrogen-bond acceptors (Lipinski definition) is 9. The molecule has 0 aliphatic carbocycles. The minimum atomic E-state index is -0.784. The zero-order valence-electron chi connectivity index (χ0n) is 29.2. The van der Waals surface area contributed by atoms with Crippen LogP contribution < -0.4 is 0 Å². The second-order valence-electron chi connectivity index (χ2n) is 14.5. The Balaban J connectivity index is 1.05. The molecule has 1 amide bonds. The number of nitriles is 1. The third-order valence-electron chi connectivity index (χ3n) is 10.9. The zero-order chi connectivity index (χ0) is 35.4. The van der Waals surface area contributed by atoms with Gasteiger partial charge < -0.3 is 18.8 Å². The molecule has 3 aromatic carbocycles. The van der Waals surface area contributed by atoms with Crippen LogP contribution in [0, 0.1) is 30.6 Å². The number of fused-ring (bicyclic) bond motifs is 2.